The van der Waals surface area contributed by atoms with E-state index >= 15 is 0 Å². The van der Waals surface area contributed by atoms with Gasteiger partial charge >= 0.3 is 5.97 Å². The Kier molecular flexibility index (Phi) is 10.7. The molecule has 0 saturated carbocycles. The van der Waals surface area contributed by atoms with E-state index in [4.69, 9.17) is 14.9 Å². The van der Waals surface area contributed by atoms with Crippen molar-refractivity contribution in [1.29, 1.82) is 0 Å². The number of ether oxygens (including phenoxy) is 1. The monoisotopic (exact) mass is 317 g/mol. The second kappa shape index (κ2) is 11.4. The number of aliphatic carboxylic acids is 1. The van der Waals surface area contributed by atoms with Crippen molar-refractivity contribution in [2.24, 2.45) is 0 Å². The van der Waals surface area contributed by atoms with Crippen LogP contribution in [-0.4, -0.2) is 47.9 Å². The molecule has 1 aromatic rings. The van der Waals surface area contributed by atoms with Crippen molar-refractivity contribution in [2.45, 2.75) is 25.8 Å². The molecule has 6 heteroatoms. The number of nitrogens with zero attached hydrogens (tertiary/aromatic N) is 1. The highest BCUT2D eigenvalue weighted by Gasteiger charge is 2.09. The molecule has 0 atom stereocenters. The zero-order chi connectivity index (χ0) is 14.8. The molecule has 2 N–H and O–H groups in total. The summed E-state index contributed by atoms with van der Waals surface area (Å²) in [5.74, 6) is 0.0735. The second-order valence-electron chi connectivity index (χ2n) is 4.66. The number of hydrogen-bond acceptors (Lipinski definition) is 4. The molecule has 1 rings (SSSR count). The Bertz CT molecular complexity index is 414. The molecule has 0 amide bonds. The minimum Gasteiger partial charge on any atom is -0.496 e. The van der Waals surface area contributed by atoms with Gasteiger partial charge in [-0.1, -0.05) is 18.2 Å². The first kappa shape index (κ1) is 19.7. The minimum absolute atomic E-state index is 0. The summed E-state index contributed by atoms with van der Waals surface area (Å²) in [6.07, 6.45) is 1.66. The number of aliphatic hydroxyl groups is 1. The van der Waals surface area contributed by atoms with Crippen LogP contribution in [0, 0.1) is 0 Å². The van der Waals surface area contributed by atoms with Crippen molar-refractivity contribution < 1.29 is 19.7 Å². The van der Waals surface area contributed by atoms with Crippen LogP contribution >= 0.6 is 12.4 Å². The van der Waals surface area contributed by atoms with E-state index in [0.717, 1.165) is 24.3 Å². The molecule has 0 bridgehead atoms. The molecule has 0 aromatic heterocycles. The highest BCUT2D eigenvalue weighted by atomic mass is 35.5. The van der Waals surface area contributed by atoms with Crippen LogP contribution < -0.4 is 4.74 Å². The smallest absolute Gasteiger partial charge is 0.303 e. The Hall–Kier alpha value is -1.30. The number of carboxylic acid groups (broad SMARTS) is 1. The lowest BCUT2D eigenvalue weighted by Gasteiger charge is -2.22. The lowest BCUT2D eigenvalue weighted by molar-refractivity contribution is -0.137. The number of unbranched alkanes of at least 4 members (excludes halogenated alkanes) is 1. The Morgan fingerprint density at radius 2 is 1.95 bits per heavy atom. The Morgan fingerprint density at radius 1 is 1.24 bits per heavy atom. The van der Waals surface area contributed by atoms with Crippen molar-refractivity contribution in [3.8, 4) is 5.75 Å². The van der Waals surface area contributed by atoms with Crippen molar-refractivity contribution in [2.75, 3.05) is 26.8 Å². The van der Waals surface area contributed by atoms with Crippen LogP contribution in [0.1, 0.15) is 24.8 Å². The predicted molar refractivity (Wildman–Crippen MR) is 84.1 cm³/mol. The summed E-state index contributed by atoms with van der Waals surface area (Å²) < 4.78 is 5.31. The summed E-state index contributed by atoms with van der Waals surface area (Å²) in [5, 5.41) is 17.7. The fraction of sp³-hybridized carbons (Fsp3) is 0.533. The number of para-hydroxylation sites is 1. The van der Waals surface area contributed by atoms with Gasteiger partial charge < -0.3 is 14.9 Å². The Balaban J connectivity index is 0.00000400. The number of methoxy groups -OCH3 is 1. The van der Waals surface area contributed by atoms with Gasteiger partial charge in [-0.25, -0.2) is 0 Å². The quantitative estimate of drug-likeness (QED) is 0.647. The van der Waals surface area contributed by atoms with E-state index < -0.39 is 5.97 Å². The van der Waals surface area contributed by atoms with Gasteiger partial charge in [-0.05, 0) is 25.5 Å². The van der Waals surface area contributed by atoms with Gasteiger partial charge in [0.05, 0.1) is 13.7 Å². The molecular formula is C15H24ClNO4. The zero-order valence-electron chi connectivity index (χ0n) is 12.3. The molecule has 0 saturated heterocycles. The normalized spacial score (nSPS) is 10.2. The van der Waals surface area contributed by atoms with E-state index in [1.165, 1.54) is 0 Å². The summed E-state index contributed by atoms with van der Waals surface area (Å²) in [6.45, 7) is 2.13. The Labute approximate surface area is 131 Å². The lowest BCUT2D eigenvalue weighted by atomic mass is 10.1. The summed E-state index contributed by atoms with van der Waals surface area (Å²) in [7, 11) is 1.64. The fourth-order valence-corrected chi connectivity index (χ4v) is 2.10. The maximum absolute atomic E-state index is 10.5. The molecule has 0 aliphatic heterocycles. The van der Waals surface area contributed by atoms with Gasteiger partial charge in [0.2, 0.25) is 0 Å². The lowest BCUT2D eigenvalue weighted by Crippen LogP contribution is -2.27. The van der Waals surface area contributed by atoms with Crippen molar-refractivity contribution in [3.63, 3.8) is 0 Å². The zero-order valence-corrected chi connectivity index (χ0v) is 13.1. The van der Waals surface area contributed by atoms with Crippen molar-refractivity contribution >= 4 is 18.4 Å². The molecule has 21 heavy (non-hydrogen) atoms. The number of carboxylic acids is 1. The van der Waals surface area contributed by atoms with E-state index in [2.05, 4.69) is 4.90 Å². The maximum Gasteiger partial charge on any atom is 0.303 e. The van der Waals surface area contributed by atoms with Crippen LogP contribution in [0.5, 0.6) is 5.75 Å². The van der Waals surface area contributed by atoms with Gasteiger partial charge in [0.25, 0.3) is 0 Å². The minimum atomic E-state index is -0.761. The molecule has 0 aliphatic carbocycles. The van der Waals surface area contributed by atoms with Crippen LogP contribution in [0.25, 0.3) is 0 Å². The van der Waals surface area contributed by atoms with E-state index in [-0.39, 0.29) is 25.4 Å². The molecule has 0 unspecified atom stereocenters. The molecule has 0 aliphatic rings. The average molecular weight is 318 g/mol. The van der Waals surface area contributed by atoms with Gasteiger partial charge in [-0.15, -0.1) is 12.4 Å². The van der Waals surface area contributed by atoms with E-state index in [0.29, 0.717) is 19.5 Å². The SMILES string of the molecule is COc1ccccc1CN(CCO)CCCCC(=O)O.Cl. The highest BCUT2D eigenvalue weighted by Crippen LogP contribution is 2.19. The predicted octanol–water partition coefficient (Wildman–Crippen LogP) is 2.17. The van der Waals surface area contributed by atoms with Gasteiger partial charge in [-0.3, -0.25) is 9.69 Å². The fourth-order valence-electron chi connectivity index (χ4n) is 2.10. The second-order valence-corrected chi connectivity index (χ2v) is 4.66. The largest absolute Gasteiger partial charge is 0.496 e. The number of rotatable bonds is 10. The maximum atomic E-state index is 10.5. The topological polar surface area (TPSA) is 70.0 Å². The van der Waals surface area contributed by atoms with Crippen LogP contribution in [0.3, 0.4) is 0 Å². The molecule has 0 fully saturated rings. The van der Waals surface area contributed by atoms with E-state index in [1.54, 1.807) is 7.11 Å². The number of halogens is 1. The summed E-state index contributed by atoms with van der Waals surface area (Å²) in [5.41, 5.74) is 1.07. The van der Waals surface area contributed by atoms with Gasteiger partial charge in [-0.2, -0.15) is 0 Å². The third-order valence-corrected chi connectivity index (χ3v) is 3.12. The molecule has 0 spiro atoms. The van der Waals surface area contributed by atoms with Crippen molar-refractivity contribution in [3.05, 3.63) is 29.8 Å². The molecule has 0 heterocycles. The molecule has 0 radical (unpaired) electrons. The van der Waals surface area contributed by atoms with Gasteiger partial charge in [0, 0.05) is 25.1 Å². The molecule has 1 aromatic carbocycles. The van der Waals surface area contributed by atoms with E-state index in [1.807, 2.05) is 24.3 Å². The van der Waals surface area contributed by atoms with Crippen LogP contribution in [0.4, 0.5) is 0 Å². The third kappa shape index (κ3) is 7.90. The summed E-state index contributed by atoms with van der Waals surface area (Å²) in [6, 6.07) is 7.79. The standard InChI is InChI=1S/C15H23NO4.ClH/c1-20-14-7-3-2-6-13(14)12-16(10-11-17)9-5-4-8-15(18)19;/h2-3,6-7,17H,4-5,8-12H2,1H3,(H,18,19);1H. The first-order chi connectivity index (χ1) is 9.67. The van der Waals surface area contributed by atoms with Gasteiger partial charge in [0.15, 0.2) is 0 Å². The third-order valence-electron chi connectivity index (χ3n) is 3.12. The number of hydrogen-bond donors (Lipinski definition) is 2. The number of benzene rings is 1. The molecule has 120 valence electrons. The first-order valence-electron chi connectivity index (χ1n) is 6.84. The molecular weight excluding hydrogens is 294 g/mol. The number of carbonyl (C=O) groups is 1. The van der Waals surface area contributed by atoms with Crippen molar-refractivity contribution in [1.82, 2.24) is 4.90 Å². The van der Waals surface area contributed by atoms with Crippen LogP contribution in [-0.2, 0) is 11.3 Å². The first-order valence-corrected chi connectivity index (χ1v) is 6.84. The van der Waals surface area contributed by atoms with Crippen LogP contribution in [0.15, 0.2) is 24.3 Å². The highest BCUT2D eigenvalue weighted by molar-refractivity contribution is 5.85. The summed E-state index contributed by atoms with van der Waals surface area (Å²) in [4.78, 5) is 12.6. The Morgan fingerprint density at radius 3 is 2.57 bits per heavy atom. The summed E-state index contributed by atoms with van der Waals surface area (Å²) >= 11 is 0. The van der Waals surface area contributed by atoms with Crippen LogP contribution in [0.2, 0.25) is 0 Å². The molecule has 5 nitrogen and oxygen atoms in total. The average Bonchev–Trinajstić information content (AvgIpc) is 2.44. The number of aliphatic hydroxyl groups excluding tert-OH is 1. The van der Waals surface area contributed by atoms with E-state index in [9.17, 15) is 4.79 Å². The van der Waals surface area contributed by atoms with Gasteiger partial charge in [0.1, 0.15) is 5.75 Å².